The molecule has 1 aliphatic heterocycles. The second-order valence-electron chi connectivity index (χ2n) is 8.62. The monoisotopic (exact) mass is 469 g/mol. The maximum Gasteiger partial charge on any atom is 0.348 e. The minimum atomic E-state index is -0.439. The number of carbonyl (C=O) groups is 1. The number of carbonyl (C=O) groups excluding carboxylic acids is 1. The van der Waals surface area contributed by atoms with Crippen LogP contribution in [0.1, 0.15) is 45.9 Å². The van der Waals surface area contributed by atoms with Crippen molar-refractivity contribution in [2.45, 2.75) is 39.2 Å². The van der Waals surface area contributed by atoms with Gasteiger partial charge < -0.3 is 14.5 Å². The molecule has 0 bridgehead atoms. The first kappa shape index (κ1) is 23.6. The lowest BCUT2D eigenvalue weighted by Gasteiger charge is -2.31. The molecule has 7 nitrogen and oxygen atoms in total. The summed E-state index contributed by atoms with van der Waals surface area (Å²) in [5.74, 6) is 0.949. The number of aromatic nitrogens is 2. The fourth-order valence-electron chi connectivity index (χ4n) is 4.40. The highest BCUT2D eigenvalue weighted by molar-refractivity contribution is 7.20. The number of aryl methyl sites for hydroxylation is 2. The van der Waals surface area contributed by atoms with Crippen molar-refractivity contribution in [2.24, 2.45) is 5.92 Å². The van der Waals surface area contributed by atoms with Gasteiger partial charge in [-0.1, -0.05) is 30.3 Å². The van der Waals surface area contributed by atoms with E-state index in [1.807, 2.05) is 0 Å². The van der Waals surface area contributed by atoms with Gasteiger partial charge in [0.1, 0.15) is 22.1 Å². The van der Waals surface area contributed by atoms with E-state index in [-0.39, 0.29) is 12.2 Å². The molecule has 1 fully saturated rings. The van der Waals surface area contributed by atoms with Gasteiger partial charge >= 0.3 is 5.97 Å². The van der Waals surface area contributed by atoms with Crippen LogP contribution in [0.3, 0.4) is 0 Å². The largest absolute Gasteiger partial charge is 0.459 e. The molecule has 0 aliphatic carbocycles. The SMILES string of the molecule is COCCOC(=O)c1sc2nc(CN3CCC(CCc4ccccc4)CC3)[nH]c(=O)c2c1C. The number of methoxy groups -OCH3 is 1. The van der Waals surface area contributed by atoms with Gasteiger partial charge in [-0.05, 0) is 62.7 Å². The molecular weight excluding hydrogens is 438 g/mol. The van der Waals surface area contributed by atoms with Crippen LogP contribution in [0, 0.1) is 12.8 Å². The molecule has 1 aliphatic rings. The van der Waals surface area contributed by atoms with Gasteiger partial charge in [-0.3, -0.25) is 9.69 Å². The molecular formula is C25H31N3O4S. The summed E-state index contributed by atoms with van der Waals surface area (Å²) in [7, 11) is 1.55. The molecule has 4 rings (SSSR count). The molecule has 176 valence electrons. The predicted octanol–water partition coefficient (Wildman–Crippen LogP) is 3.94. The summed E-state index contributed by atoms with van der Waals surface area (Å²) in [5, 5.41) is 0.474. The molecule has 2 aromatic heterocycles. The molecule has 1 aromatic carbocycles. The van der Waals surface area contributed by atoms with E-state index >= 15 is 0 Å². The second-order valence-corrected chi connectivity index (χ2v) is 9.62. The average Bonchev–Trinajstić information content (AvgIpc) is 3.16. The molecule has 33 heavy (non-hydrogen) atoms. The number of hydrogen-bond donors (Lipinski definition) is 1. The van der Waals surface area contributed by atoms with E-state index in [2.05, 4.69) is 45.2 Å². The van der Waals surface area contributed by atoms with Crippen LogP contribution >= 0.6 is 11.3 Å². The van der Waals surface area contributed by atoms with E-state index in [0.717, 1.165) is 38.3 Å². The highest BCUT2D eigenvalue weighted by Gasteiger charge is 2.23. The van der Waals surface area contributed by atoms with Crippen molar-refractivity contribution in [3.8, 4) is 0 Å². The van der Waals surface area contributed by atoms with Crippen molar-refractivity contribution in [1.29, 1.82) is 0 Å². The Hall–Kier alpha value is -2.55. The van der Waals surface area contributed by atoms with Crippen LogP contribution in [-0.2, 0) is 22.4 Å². The van der Waals surface area contributed by atoms with Crippen LogP contribution in [0.2, 0.25) is 0 Å². The Morgan fingerprint density at radius 2 is 1.97 bits per heavy atom. The molecule has 0 radical (unpaired) electrons. The number of nitrogens with one attached hydrogen (secondary N) is 1. The standard InChI is InChI=1S/C25H31N3O4S/c1-17-21-23(29)26-20(27-24(21)33-22(17)25(30)32-15-14-31-2)16-28-12-10-19(11-13-28)9-8-18-6-4-3-5-7-18/h3-7,19H,8-16H2,1-2H3,(H,26,27,29). The van der Waals surface area contributed by atoms with E-state index in [1.165, 1.54) is 23.3 Å². The lowest BCUT2D eigenvalue weighted by molar-refractivity contribution is 0.0393. The summed E-state index contributed by atoms with van der Waals surface area (Å²) in [6, 6.07) is 10.7. The molecule has 0 spiro atoms. The highest BCUT2D eigenvalue weighted by atomic mass is 32.1. The van der Waals surface area contributed by atoms with Crippen molar-refractivity contribution in [3.05, 3.63) is 62.5 Å². The first-order valence-corrected chi connectivity index (χ1v) is 12.3. The number of aromatic amines is 1. The fourth-order valence-corrected chi connectivity index (χ4v) is 5.50. The molecule has 1 N–H and O–H groups in total. The lowest BCUT2D eigenvalue weighted by atomic mass is 9.90. The number of fused-ring (bicyclic) bond motifs is 1. The average molecular weight is 470 g/mol. The van der Waals surface area contributed by atoms with Gasteiger partial charge in [0.15, 0.2) is 0 Å². The van der Waals surface area contributed by atoms with Crippen LogP contribution in [0.15, 0.2) is 35.1 Å². The number of H-pyrrole nitrogens is 1. The Labute approximate surface area is 197 Å². The summed E-state index contributed by atoms with van der Waals surface area (Å²) < 4.78 is 10.1. The Bertz CT molecular complexity index is 1130. The summed E-state index contributed by atoms with van der Waals surface area (Å²) in [5.41, 5.74) is 1.83. The highest BCUT2D eigenvalue weighted by Crippen LogP contribution is 2.28. The van der Waals surface area contributed by atoms with E-state index in [4.69, 9.17) is 9.47 Å². The van der Waals surface area contributed by atoms with E-state index < -0.39 is 5.97 Å². The van der Waals surface area contributed by atoms with Gasteiger partial charge in [-0.2, -0.15) is 0 Å². The zero-order chi connectivity index (χ0) is 23.2. The Morgan fingerprint density at radius 3 is 2.70 bits per heavy atom. The third-order valence-electron chi connectivity index (χ3n) is 6.32. The fraction of sp³-hybridized carbons (Fsp3) is 0.480. The topological polar surface area (TPSA) is 84.5 Å². The molecule has 1 saturated heterocycles. The Morgan fingerprint density at radius 1 is 1.21 bits per heavy atom. The number of piperidine rings is 1. The molecule has 8 heteroatoms. The van der Waals surface area contributed by atoms with Crippen LogP contribution in [0.25, 0.3) is 10.2 Å². The number of likely N-dealkylation sites (tertiary alicyclic amines) is 1. The quantitative estimate of drug-likeness (QED) is 0.377. The molecule has 0 unspecified atom stereocenters. The maximum absolute atomic E-state index is 12.8. The first-order chi connectivity index (χ1) is 16.0. The normalized spacial score (nSPS) is 15.2. The van der Waals surface area contributed by atoms with E-state index in [9.17, 15) is 9.59 Å². The molecule has 0 saturated carbocycles. The van der Waals surface area contributed by atoms with Crippen molar-refractivity contribution < 1.29 is 14.3 Å². The van der Waals surface area contributed by atoms with Gasteiger partial charge in [-0.25, -0.2) is 9.78 Å². The number of rotatable bonds is 9. The lowest BCUT2D eigenvalue weighted by Crippen LogP contribution is -2.34. The maximum atomic E-state index is 12.8. The van der Waals surface area contributed by atoms with Crippen LogP contribution in [0.5, 0.6) is 0 Å². The Kier molecular flexibility index (Phi) is 7.90. The van der Waals surface area contributed by atoms with Gasteiger partial charge in [0.05, 0.1) is 18.5 Å². The first-order valence-electron chi connectivity index (χ1n) is 11.5. The van der Waals surface area contributed by atoms with E-state index in [1.54, 1.807) is 14.0 Å². The molecule has 0 atom stereocenters. The van der Waals surface area contributed by atoms with Crippen molar-refractivity contribution in [3.63, 3.8) is 0 Å². The number of hydrogen-bond acceptors (Lipinski definition) is 7. The van der Waals surface area contributed by atoms with E-state index in [0.29, 0.717) is 39.6 Å². The van der Waals surface area contributed by atoms with Crippen molar-refractivity contribution in [2.75, 3.05) is 33.4 Å². The van der Waals surface area contributed by atoms with Gasteiger partial charge in [-0.15, -0.1) is 11.3 Å². The van der Waals surface area contributed by atoms with Gasteiger partial charge in [0, 0.05) is 7.11 Å². The van der Waals surface area contributed by atoms with Crippen molar-refractivity contribution >= 4 is 27.5 Å². The summed E-state index contributed by atoms with van der Waals surface area (Å²) >= 11 is 1.22. The second kappa shape index (κ2) is 11.0. The Balaban J connectivity index is 1.36. The van der Waals surface area contributed by atoms with Gasteiger partial charge in [0.2, 0.25) is 0 Å². The number of thiophene rings is 1. The smallest absolute Gasteiger partial charge is 0.348 e. The number of nitrogens with zero attached hydrogens (tertiary/aromatic N) is 2. The minimum absolute atomic E-state index is 0.180. The zero-order valence-electron chi connectivity index (χ0n) is 19.3. The van der Waals surface area contributed by atoms with Crippen molar-refractivity contribution in [1.82, 2.24) is 14.9 Å². The number of benzene rings is 1. The number of esters is 1. The van der Waals surface area contributed by atoms with Crippen LogP contribution in [-0.4, -0.2) is 54.3 Å². The molecule has 3 heterocycles. The molecule has 0 amide bonds. The zero-order valence-corrected chi connectivity index (χ0v) is 20.1. The van der Waals surface area contributed by atoms with Gasteiger partial charge in [0.25, 0.3) is 5.56 Å². The summed E-state index contributed by atoms with van der Waals surface area (Å²) in [4.78, 5) is 36.1. The van der Waals surface area contributed by atoms with Crippen LogP contribution in [0.4, 0.5) is 0 Å². The summed E-state index contributed by atoms with van der Waals surface area (Å²) in [6.45, 7) is 4.90. The minimum Gasteiger partial charge on any atom is -0.459 e. The third-order valence-corrected chi connectivity index (χ3v) is 7.49. The molecule has 3 aromatic rings. The number of ether oxygens (including phenoxy) is 2. The third kappa shape index (κ3) is 5.88. The summed E-state index contributed by atoms with van der Waals surface area (Å²) in [6.07, 6.45) is 4.67. The van der Waals surface area contributed by atoms with Crippen LogP contribution < -0.4 is 5.56 Å². The predicted molar refractivity (Wildman–Crippen MR) is 130 cm³/mol.